The molecule has 32 heavy (non-hydrogen) atoms. The Balaban J connectivity index is 1.28. The summed E-state index contributed by atoms with van der Waals surface area (Å²) in [6.07, 6.45) is 3.15. The van der Waals surface area contributed by atoms with Crippen molar-refractivity contribution in [2.75, 3.05) is 29.5 Å². The maximum Gasteiger partial charge on any atom is 0.414 e. The van der Waals surface area contributed by atoms with Gasteiger partial charge in [-0.3, -0.25) is 14.6 Å². The van der Waals surface area contributed by atoms with E-state index in [-0.39, 0.29) is 19.1 Å². The summed E-state index contributed by atoms with van der Waals surface area (Å²) in [5.41, 5.74) is 1.30. The minimum atomic E-state index is -0.577. The highest BCUT2D eigenvalue weighted by Gasteiger charge is 2.33. The van der Waals surface area contributed by atoms with Gasteiger partial charge < -0.3 is 14.0 Å². The van der Waals surface area contributed by atoms with Crippen molar-refractivity contribution < 1.29 is 28.0 Å². The Kier molecular flexibility index (Phi) is 5.18. The number of halogens is 1. The second-order valence-electron chi connectivity index (χ2n) is 7.48. The van der Waals surface area contributed by atoms with E-state index in [4.69, 9.17) is 9.47 Å². The largest absolute Gasteiger partial charge is 0.471 e. The molecule has 2 aromatic heterocycles. The Hall–Kier alpha value is -3.95. The topological polar surface area (TPSA) is 98.0 Å². The van der Waals surface area contributed by atoms with Crippen LogP contribution in [0.2, 0.25) is 0 Å². The van der Waals surface area contributed by atoms with E-state index in [2.05, 4.69) is 14.7 Å². The van der Waals surface area contributed by atoms with Crippen molar-refractivity contribution in [1.29, 1.82) is 0 Å². The molecule has 9 nitrogen and oxygen atoms in total. The first kappa shape index (κ1) is 20.0. The molecule has 2 aliphatic rings. The van der Waals surface area contributed by atoms with Gasteiger partial charge >= 0.3 is 6.09 Å². The SMILES string of the molecule is O=C1OC(COc2ccon2)CN1c1ccc(-c2ccc(N3CCCC3=O)nc2)c(F)c1. The highest BCUT2D eigenvalue weighted by Crippen LogP contribution is 2.30. The van der Waals surface area contributed by atoms with Gasteiger partial charge in [-0.1, -0.05) is 0 Å². The van der Waals surface area contributed by atoms with Crippen molar-refractivity contribution in [3.8, 4) is 17.0 Å². The molecule has 1 unspecified atom stereocenters. The molecule has 0 saturated carbocycles. The van der Waals surface area contributed by atoms with Crippen LogP contribution in [0.1, 0.15) is 12.8 Å². The van der Waals surface area contributed by atoms with E-state index in [0.29, 0.717) is 41.5 Å². The molecule has 0 N–H and O–H groups in total. The van der Waals surface area contributed by atoms with E-state index in [0.717, 1.165) is 6.42 Å². The highest BCUT2D eigenvalue weighted by atomic mass is 19.1. The van der Waals surface area contributed by atoms with Gasteiger partial charge in [0.25, 0.3) is 5.88 Å². The molecular weight excluding hydrogens is 419 g/mol. The molecule has 2 saturated heterocycles. The molecule has 164 valence electrons. The Morgan fingerprint density at radius 3 is 2.75 bits per heavy atom. The number of rotatable bonds is 6. The zero-order valence-electron chi connectivity index (χ0n) is 16.9. The summed E-state index contributed by atoms with van der Waals surface area (Å²) in [5, 5.41) is 3.63. The quantitative estimate of drug-likeness (QED) is 0.582. The molecular formula is C22H19FN4O5. The average Bonchev–Trinajstić information content (AvgIpc) is 3.54. The van der Waals surface area contributed by atoms with Crippen LogP contribution in [0.3, 0.4) is 0 Å². The number of pyridine rings is 1. The third kappa shape index (κ3) is 3.86. The first-order valence-electron chi connectivity index (χ1n) is 10.2. The maximum absolute atomic E-state index is 14.9. The lowest BCUT2D eigenvalue weighted by atomic mass is 10.1. The van der Waals surface area contributed by atoms with Gasteiger partial charge in [0.05, 0.1) is 12.2 Å². The van der Waals surface area contributed by atoms with E-state index >= 15 is 0 Å². The van der Waals surface area contributed by atoms with Gasteiger partial charge in [0.2, 0.25) is 5.91 Å². The van der Waals surface area contributed by atoms with E-state index in [1.165, 1.54) is 17.2 Å². The van der Waals surface area contributed by atoms with Crippen LogP contribution >= 0.6 is 0 Å². The summed E-state index contributed by atoms with van der Waals surface area (Å²) in [4.78, 5) is 31.4. The third-order valence-electron chi connectivity index (χ3n) is 5.38. The molecule has 2 amide bonds. The number of nitrogens with zero attached hydrogens (tertiary/aromatic N) is 4. The molecule has 1 atom stereocenters. The second kappa shape index (κ2) is 8.29. The molecule has 0 spiro atoms. The fourth-order valence-corrected chi connectivity index (χ4v) is 3.77. The minimum Gasteiger partial charge on any atom is -0.471 e. The van der Waals surface area contributed by atoms with Crippen LogP contribution in [0.25, 0.3) is 11.1 Å². The summed E-state index contributed by atoms with van der Waals surface area (Å²) in [5.74, 6) is 0.406. The van der Waals surface area contributed by atoms with Crippen LogP contribution < -0.4 is 14.5 Å². The summed E-state index contributed by atoms with van der Waals surface area (Å²) < 4.78 is 30.3. The summed E-state index contributed by atoms with van der Waals surface area (Å²) in [6.45, 7) is 0.966. The maximum atomic E-state index is 14.9. The number of benzene rings is 1. The second-order valence-corrected chi connectivity index (χ2v) is 7.48. The van der Waals surface area contributed by atoms with Gasteiger partial charge in [-0.2, -0.15) is 0 Å². The lowest BCUT2D eigenvalue weighted by Crippen LogP contribution is -2.26. The van der Waals surface area contributed by atoms with Crippen molar-refractivity contribution in [1.82, 2.24) is 10.1 Å². The standard InChI is InChI=1S/C22H19FN4O5/c23-18-10-15(27-12-16(32-22(27)29)13-30-20-7-9-31-25-20)4-5-17(18)14-3-6-19(24-11-14)26-8-1-2-21(26)28/h3-7,9-11,16H,1-2,8,12-13H2. The van der Waals surface area contributed by atoms with Crippen LogP contribution in [0.4, 0.5) is 20.7 Å². The van der Waals surface area contributed by atoms with Crippen molar-refractivity contribution in [2.24, 2.45) is 0 Å². The van der Waals surface area contributed by atoms with Gasteiger partial charge in [0.15, 0.2) is 6.10 Å². The molecule has 2 aliphatic heterocycles. The number of cyclic esters (lactones) is 1. The number of aromatic nitrogens is 2. The fourth-order valence-electron chi connectivity index (χ4n) is 3.77. The Morgan fingerprint density at radius 2 is 2.06 bits per heavy atom. The third-order valence-corrected chi connectivity index (χ3v) is 5.38. The number of hydrogen-bond acceptors (Lipinski definition) is 7. The van der Waals surface area contributed by atoms with E-state index < -0.39 is 18.0 Å². The Bertz CT molecular complexity index is 1140. The predicted octanol–water partition coefficient (Wildman–Crippen LogP) is 3.41. The number of carbonyl (C=O) groups is 2. The van der Waals surface area contributed by atoms with Crippen molar-refractivity contribution in [3.63, 3.8) is 0 Å². The molecule has 3 aromatic rings. The highest BCUT2D eigenvalue weighted by molar-refractivity contribution is 5.94. The van der Waals surface area contributed by atoms with Crippen molar-refractivity contribution in [2.45, 2.75) is 18.9 Å². The number of hydrogen-bond donors (Lipinski definition) is 0. The monoisotopic (exact) mass is 438 g/mol. The van der Waals surface area contributed by atoms with Crippen LogP contribution in [0, 0.1) is 5.82 Å². The van der Waals surface area contributed by atoms with Crippen molar-refractivity contribution in [3.05, 3.63) is 54.7 Å². The zero-order chi connectivity index (χ0) is 22.1. The fraction of sp³-hybridized carbons (Fsp3) is 0.273. The molecule has 10 heteroatoms. The number of ether oxygens (including phenoxy) is 2. The van der Waals surface area contributed by atoms with E-state index in [1.54, 1.807) is 41.4 Å². The minimum absolute atomic E-state index is 0.0445. The lowest BCUT2D eigenvalue weighted by Gasteiger charge is -2.16. The summed E-state index contributed by atoms with van der Waals surface area (Å²) >= 11 is 0. The van der Waals surface area contributed by atoms with Gasteiger partial charge in [-0.25, -0.2) is 14.2 Å². The molecule has 2 fully saturated rings. The van der Waals surface area contributed by atoms with Gasteiger partial charge in [-0.15, -0.1) is 0 Å². The number of carbonyl (C=O) groups excluding carboxylic acids is 2. The summed E-state index contributed by atoms with van der Waals surface area (Å²) in [7, 11) is 0. The molecule has 0 radical (unpaired) electrons. The summed E-state index contributed by atoms with van der Waals surface area (Å²) in [6, 6.07) is 9.52. The molecule has 0 bridgehead atoms. The van der Waals surface area contributed by atoms with Crippen LogP contribution in [0.15, 0.2) is 53.4 Å². The smallest absolute Gasteiger partial charge is 0.414 e. The first-order valence-corrected chi connectivity index (χ1v) is 10.2. The van der Waals surface area contributed by atoms with Gasteiger partial charge in [0, 0.05) is 36.4 Å². The predicted molar refractivity (Wildman–Crippen MR) is 111 cm³/mol. The van der Waals surface area contributed by atoms with Gasteiger partial charge in [0.1, 0.15) is 24.5 Å². The van der Waals surface area contributed by atoms with Gasteiger partial charge in [-0.05, 0) is 41.9 Å². The van der Waals surface area contributed by atoms with Crippen LogP contribution in [-0.4, -0.2) is 47.9 Å². The number of amides is 2. The first-order chi connectivity index (χ1) is 15.6. The zero-order valence-corrected chi connectivity index (χ0v) is 16.9. The van der Waals surface area contributed by atoms with Crippen LogP contribution in [0.5, 0.6) is 5.88 Å². The Morgan fingerprint density at radius 1 is 1.16 bits per heavy atom. The van der Waals surface area contributed by atoms with E-state index in [9.17, 15) is 14.0 Å². The van der Waals surface area contributed by atoms with Crippen LogP contribution in [-0.2, 0) is 9.53 Å². The Labute approximate surface area is 182 Å². The number of anilines is 2. The molecule has 4 heterocycles. The molecule has 5 rings (SSSR count). The normalized spacial score (nSPS) is 18.3. The molecule has 1 aromatic carbocycles. The lowest BCUT2D eigenvalue weighted by molar-refractivity contribution is -0.117. The van der Waals surface area contributed by atoms with E-state index in [1.807, 2.05) is 0 Å². The van der Waals surface area contributed by atoms with Crippen molar-refractivity contribution >= 4 is 23.5 Å². The average molecular weight is 438 g/mol. The molecule has 0 aliphatic carbocycles.